The van der Waals surface area contributed by atoms with Gasteiger partial charge in [-0.05, 0) is 22.0 Å². The molecule has 5 nitrogen and oxygen atoms in total. The van der Waals surface area contributed by atoms with Gasteiger partial charge in [-0.15, -0.1) is 0 Å². The molecule has 0 aliphatic carbocycles. The van der Waals surface area contributed by atoms with Crippen LogP contribution in [0.25, 0.3) is 11.5 Å². The third-order valence-corrected chi connectivity index (χ3v) is 1.60. The van der Waals surface area contributed by atoms with Crippen molar-refractivity contribution in [2.24, 2.45) is 0 Å². The van der Waals surface area contributed by atoms with E-state index in [2.05, 4.69) is 40.6 Å². The molecular formula is C6H3BrN4O. The molecule has 0 fully saturated rings. The molecule has 0 spiro atoms. The minimum absolute atomic E-state index is 0.457. The lowest BCUT2D eigenvalue weighted by atomic mass is 10.4. The zero-order valence-electron chi connectivity index (χ0n) is 5.81. The summed E-state index contributed by atoms with van der Waals surface area (Å²) in [6, 6.07) is 1.70. The molecule has 2 rings (SSSR count). The molecule has 0 bridgehead atoms. The Morgan fingerprint density at radius 1 is 1.33 bits per heavy atom. The molecule has 0 N–H and O–H groups in total. The second kappa shape index (κ2) is 2.98. The Labute approximate surface area is 76.0 Å². The van der Waals surface area contributed by atoms with Crippen LogP contribution in [0.3, 0.4) is 0 Å². The molecule has 0 aromatic carbocycles. The molecule has 12 heavy (non-hydrogen) atoms. The normalized spacial score (nSPS) is 10.1. The molecule has 60 valence electrons. The highest BCUT2D eigenvalue weighted by Gasteiger charge is 2.04. The van der Waals surface area contributed by atoms with Crippen molar-refractivity contribution in [1.82, 2.24) is 20.1 Å². The predicted octanol–water partition coefficient (Wildman–Crippen LogP) is 1.29. The van der Waals surface area contributed by atoms with Gasteiger partial charge in [-0.25, -0.2) is 9.97 Å². The fourth-order valence-electron chi connectivity index (χ4n) is 0.743. The fourth-order valence-corrected chi connectivity index (χ4v) is 1.05. The van der Waals surface area contributed by atoms with E-state index in [9.17, 15) is 0 Å². The minimum atomic E-state index is 0.457. The summed E-state index contributed by atoms with van der Waals surface area (Å²) in [5.74, 6) is 0.457. The zero-order chi connectivity index (χ0) is 8.39. The first-order valence-corrected chi connectivity index (χ1v) is 3.91. The molecule has 2 heterocycles. The highest BCUT2D eigenvalue weighted by molar-refractivity contribution is 9.10. The highest BCUT2D eigenvalue weighted by Crippen LogP contribution is 2.11. The standard InChI is InChI=1S/C6H3BrN4O/c7-6-8-2-1-4(10-6)5-9-3-12-11-5/h1-3H. The largest absolute Gasteiger partial charge is 0.342 e. The van der Waals surface area contributed by atoms with Gasteiger partial charge in [0.15, 0.2) is 4.73 Å². The van der Waals surface area contributed by atoms with Crippen molar-refractivity contribution < 1.29 is 4.52 Å². The van der Waals surface area contributed by atoms with Gasteiger partial charge in [-0.2, -0.15) is 4.98 Å². The number of rotatable bonds is 1. The molecule has 0 saturated carbocycles. The summed E-state index contributed by atoms with van der Waals surface area (Å²) >= 11 is 3.14. The van der Waals surface area contributed by atoms with Crippen LogP contribution < -0.4 is 0 Å². The van der Waals surface area contributed by atoms with Gasteiger partial charge in [-0.3, -0.25) is 0 Å². The van der Waals surface area contributed by atoms with Gasteiger partial charge in [0.25, 0.3) is 0 Å². The summed E-state index contributed by atoms with van der Waals surface area (Å²) in [6.07, 6.45) is 2.87. The molecule has 0 amide bonds. The molecule has 0 radical (unpaired) electrons. The second-order valence-electron chi connectivity index (χ2n) is 1.97. The number of aromatic nitrogens is 4. The maximum Gasteiger partial charge on any atom is 0.220 e. The average molecular weight is 227 g/mol. The Morgan fingerprint density at radius 2 is 2.25 bits per heavy atom. The van der Waals surface area contributed by atoms with E-state index in [4.69, 9.17) is 0 Å². The molecule has 2 aromatic heterocycles. The van der Waals surface area contributed by atoms with E-state index in [0.717, 1.165) is 0 Å². The summed E-state index contributed by atoms with van der Waals surface area (Å²) in [6.45, 7) is 0. The SMILES string of the molecule is Brc1nccc(-c2ncon2)n1. The van der Waals surface area contributed by atoms with Gasteiger partial charge >= 0.3 is 0 Å². The molecule has 6 heteroatoms. The zero-order valence-corrected chi connectivity index (χ0v) is 7.39. The van der Waals surface area contributed by atoms with Crippen LogP contribution >= 0.6 is 15.9 Å². The number of nitrogens with zero attached hydrogens (tertiary/aromatic N) is 4. The average Bonchev–Trinajstić information content (AvgIpc) is 2.56. The van der Waals surface area contributed by atoms with Crippen LogP contribution in [0.15, 0.2) is 27.9 Å². The maximum atomic E-state index is 4.57. The number of hydrogen-bond donors (Lipinski definition) is 0. The smallest absolute Gasteiger partial charge is 0.220 e. The third kappa shape index (κ3) is 1.33. The summed E-state index contributed by atoms with van der Waals surface area (Å²) < 4.78 is 5.08. The van der Waals surface area contributed by atoms with Gasteiger partial charge in [0.05, 0.1) is 0 Å². The van der Waals surface area contributed by atoms with E-state index < -0.39 is 0 Å². The van der Waals surface area contributed by atoms with Gasteiger partial charge in [-0.1, -0.05) is 5.16 Å². The van der Waals surface area contributed by atoms with Crippen molar-refractivity contribution >= 4 is 15.9 Å². The molecule has 0 atom stereocenters. The first-order valence-electron chi connectivity index (χ1n) is 3.11. The van der Waals surface area contributed by atoms with Gasteiger partial charge < -0.3 is 4.52 Å². The van der Waals surface area contributed by atoms with Crippen molar-refractivity contribution in [2.45, 2.75) is 0 Å². The summed E-state index contributed by atoms with van der Waals surface area (Å²) in [4.78, 5) is 11.7. The molecular weight excluding hydrogens is 224 g/mol. The predicted molar refractivity (Wildman–Crippen MR) is 43.0 cm³/mol. The van der Waals surface area contributed by atoms with Crippen LogP contribution in [0.2, 0.25) is 0 Å². The third-order valence-electron chi connectivity index (χ3n) is 1.22. The Morgan fingerprint density at radius 3 is 2.92 bits per heavy atom. The van der Waals surface area contributed by atoms with E-state index in [1.165, 1.54) is 6.39 Å². The van der Waals surface area contributed by atoms with Crippen molar-refractivity contribution in [3.63, 3.8) is 0 Å². The van der Waals surface area contributed by atoms with Crippen LogP contribution in [0.5, 0.6) is 0 Å². The molecule has 0 saturated heterocycles. The monoisotopic (exact) mass is 226 g/mol. The van der Waals surface area contributed by atoms with Crippen LogP contribution in [0.4, 0.5) is 0 Å². The molecule has 0 aliphatic rings. The van der Waals surface area contributed by atoms with E-state index in [1.54, 1.807) is 12.3 Å². The lowest BCUT2D eigenvalue weighted by molar-refractivity contribution is 0.418. The van der Waals surface area contributed by atoms with Crippen molar-refractivity contribution in [2.75, 3.05) is 0 Å². The van der Waals surface area contributed by atoms with E-state index in [-0.39, 0.29) is 0 Å². The lowest BCUT2D eigenvalue weighted by Gasteiger charge is -1.91. The Kier molecular flexibility index (Phi) is 1.83. The topological polar surface area (TPSA) is 64.7 Å². The summed E-state index contributed by atoms with van der Waals surface area (Å²) in [7, 11) is 0. The number of hydrogen-bond acceptors (Lipinski definition) is 5. The van der Waals surface area contributed by atoms with E-state index in [1.807, 2.05) is 0 Å². The molecule has 2 aromatic rings. The first-order chi connectivity index (χ1) is 5.86. The minimum Gasteiger partial charge on any atom is -0.342 e. The summed E-state index contributed by atoms with van der Waals surface area (Å²) in [5, 5.41) is 3.63. The van der Waals surface area contributed by atoms with Crippen LogP contribution in [-0.2, 0) is 0 Å². The molecule has 0 aliphatic heterocycles. The van der Waals surface area contributed by atoms with Gasteiger partial charge in [0, 0.05) is 6.20 Å². The summed E-state index contributed by atoms with van der Waals surface area (Å²) in [5.41, 5.74) is 0.630. The van der Waals surface area contributed by atoms with Crippen LogP contribution in [-0.4, -0.2) is 20.1 Å². The van der Waals surface area contributed by atoms with Crippen molar-refractivity contribution in [3.8, 4) is 11.5 Å². The van der Waals surface area contributed by atoms with Crippen molar-refractivity contribution in [3.05, 3.63) is 23.4 Å². The van der Waals surface area contributed by atoms with Gasteiger partial charge in [0.2, 0.25) is 12.2 Å². The fraction of sp³-hybridized carbons (Fsp3) is 0. The maximum absolute atomic E-state index is 4.57. The van der Waals surface area contributed by atoms with Crippen LogP contribution in [0.1, 0.15) is 0 Å². The van der Waals surface area contributed by atoms with Crippen LogP contribution in [0, 0.1) is 0 Å². The second-order valence-corrected chi connectivity index (χ2v) is 2.68. The lowest BCUT2D eigenvalue weighted by Crippen LogP contribution is -1.87. The van der Waals surface area contributed by atoms with E-state index >= 15 is 0 Å². The molecule has 0 unspecified atom stereocenters. The Balaban J connectivity index is 2.48. The Hall–Kier alpha value is -1.30. The first kappa shape index (κ1) is 7.35. The van der Waals surface area contributed by atoms with Crippen molar-refractivity contribution in [1.29, 1.82) is 0 Å². The quantitative estimate of drug-likeness (QED) is 0.686. The van der Waals surface area contributed by atoms with E-state index in [0.29, 0.717) is 16.3 Å². The highest BCUT2D eigenvalue weighted by atomic mass is 79.9. The Bertz CT molecular complexity index is 375. The number of halogens is 1. The van der Waals surface area contributed by atoms with Gasteiger partial charge in [0.1, 0.15) is 5.69 Å².